The highest BCUT2D eigenvalue weighted by Gasteiger charge is 2.43. The van der Waals surface area contributed by atoms with Gasteiger partial charge in [0, 0.05) is 36.2 Å². The molecule has 6 nitrogen and oxygen atoms in total. The summed E-state index contributed by atoms with van der Waals surface area (Å²) < 4.78 is 19.6. The molecule has 0 N–H and O–H groups in total. The Labute approximate surface area is 231 Å². The highest BCUT2D eigenvalue weighted by molar-refractivity contribution is 6.04. The van der Waals surface area contributed by atoms with Crippen LogP contribution in [0.2, 0.25) is 0 Å². The van der Waals surface area contributed by atoms with Gasteiger partial charge in [0.2, 0.25) is 5.78 Å². The van der Waals surface area contributed by atoms with Gasteiger partial charge in [-0.15, -0.1) is 0 Å². The molecule has 0 fully saturated rings. The van der Waals surface area contributed by atoms with E-state index in [2.05, 4.69) is 12.1 Å². The summed E-state index contributed by atoms with van der Waals surface area (Å²) in [6.45, 7) is 1.31. The lowest BCUT2D eigenvalue weighted by Gasteiger charge is -2.37. The number of nitrogens with zero attached hydrogens (tertiary/aromatic N) is 3. The number of carbonyl (C=O) groups excluding carboxylic acids is 2. The summed E-state index contributed by atoms with van der Waals surface area (Å²) in [6, 6.07) is 28.8. The Kier molecular flexibility index (Phi) is 5.92. The normalized spacial score (nSPS) is 19.2. The number of ether oxygens (including phenoxy) is 1. The van der Waals surface area contributed by atoms with Gasteiger partial charge in [-0.3, -0.25) is 9.59 Å². The van der Waals surface area contributed by atoms with Crippen LogP contribution in [-0.2, 0) is 13.0 Å². The van der Waals surface area contributed by atoms with E-state index < -0.39 is 12.0 Å². The molecule has 0 saturated carbocycles. The maximum absolute atomic E-state index is 13.5. The van der Waals surface area contributed by atoms with Crippen LogP contribution < -0.4 is 4.74 Å². The molecule has 7 rings (SSSR count). The van der Waals surface area contributed by atoms with Crippen LogP contribution in [-0.4, -0.2) is 40.1 Å². The molecular weight excluding hydrogens is 505 g/mol. The number of rotatable bonds is 4. The number of hydrogen-bond acceptors (Lipinski definition) is 5. The summed E-state index contributed by atoms with van der Waals surface area (Å²) in [6.07, 6.45) is 0.477. The van der Waals surface area contributed by atoms with Gasteiger partial charge in [0.05, 0.1) is 11.8 Å². The molecule has 0 saturated heterocycles. The molecule has 2 atom stereocenters. The summed E-state index contributed by atoms with van der Waals surface area (Å²) in [5.41, 5.74) is 6.16. The highest BCUT2D eigenvalue weighted by Crippen LogP contribution is 2.43. The Morgan fingerprint density at radius 3 is 2.33 bits per heavy atom. The van der Waals surface area contributed by atoms with E-state index in [1.807, 2.05) is 65.6 Å². The van der Waals surface area contributed by atoms with Gasteiger partial charge in [-0.2, -0.15) is 5.10 Å². The zero-order valence-corrected chi connectivity index (χ0v) is 21.7. The fourth-order valence-corrected chi connectivity index (χ4v) is 5.80. The van der Waals surface area contributed by atoms with E-state index in [0.29, 0.717) is 36.4 Å². The third kappa shape index (κ3) is 4.24. The first-order valence-corrected chi connectivity index (χ1v) is 13.4. The average Bonchev–Trinajstić information content (AvgIpc) is 3.46. The smallest absolute Gasteiger partial charge is 0.254 e. The molecule has 0 radical (unpaired) electrons. The minimum Gasteiger partial charge on any atom is -0.461 e. The van der Waals surface area contributed by atoms with Crippen LogP contribution in [0.1, 0.15) is 55.4 Å². The molecule has 0 spiro atoms. The number of fused-ring (bicyclic) bond motifs is 4. The molecule has 3 heterocycles. The minimum absolute atomic E-state index is 0.0131. The van der Waals surface area contributed by atoms with Gasteiger partial charge in [0.25, 0.3) is 12.1 Å². The molecule has 1 amide bonds. The number of benzene rings is 4. The predicted octanol–water partition coefficient (Wildman–Crippen LogP) is 5.78. The topological polar surface area (TPSA) is 62.2 Å². The predicted molar refractivity (Wildman–Crippen MR) is 149 cm³/mol. The van der Waals surface area contributed by atoms with Crippen LogP contribution in [0, 0.1) is 5.82 Å². The van der Waals surface area contributed by atoms with Crippen LogP contribution in [0.5, 0.6) is 5.75 Å². The quantitative estimate of drug-likeness (QED) is 0.314. The van der Waals surface area contributed by atoms with Crippen LogP contribution in [0.3, 0.4) is 0 Å². The van der Waals surface area contributed by atoms with Crippen LogP contribution in [0.25, 0.3) is 0 Å². The second-order valence-corrected chi connectivity index (χ2v) is 10.3. The summed E-state index contributed by atoms with van der Waals surface area (Å²) in [5, 5.41) is 6.56. The van der Waals surface area contributed by atoms with E-state index in [-0.39, 0.29) is 17.7 Å². The fraction of sp³-hybridized carbons (Fsp3) is 0.182. The average molecular weight is 532 g/mol. The number of ketones is 1. The Balaban J connectivity index is 1.14. The molecule has 198 valence electrons. The SMILES string of the molecule is O=C(c1ccc(F)cc1)C1Oc2ccccc2C2CC(c3ccc(C(=O)N4CCc5ccccc5C4)cc3)=NN12. The van der Waals surface area contributed by atoms with Crippen molar-refractivity contribution in [2.24, 2.45) is 5.10 Å². The summed E-state index contributed by atoms with van der Waals surface area (Å²) in [4.78, 5) is 28.6. The van der Waals surface area contributed by atoms with Crippen LogP contribution in [0.4, 0.5) is 4.39 Å². The Hall–Kier alpha value is -4.78. The van der Waals surface area contributed by atoms with Gasteiger partial charge in [0.1, 0.15) is 11.6 Å². The van der Waals surface area contributed by atoms with Crippen molar-refractivity contribution < 1.29 is 18.7 Å². The van der Waals surface area contributed by atoms with Gasteiger partial charge < -0.3 is 9.64 Å². The van der Waals surface area contributed by atoms with E-state index >= 15 is 0 Å². The van der Waals surface area contributed by atoms with Crippen molar-refractivity contribution in [1.82, 2.24) is 9.91 Å². The maximum atomic E-state index is 13.5. The monoisotopic (exact) mass is 531 g/mol. The molecule has 7 heteroatoms. The number of amides is 1. The number of Topliss-reactive ketones (excluding diaryl/α,β-unsaturated/α-hetero) is 1. The third-order valence-corrected chi connectivity index (χ3v) is 7.94. The number of hydrogen-bond donors (Lipinski definition) is 0. The molecule has 3 aliphatic rings. The number of halogens is 1. The molecule has 3 aliphatic heterocycles. The van der Waals surface area contributed by atoms with Crippen molar-refractivity contribution in [3.8, 4) is 5.75 Å². The van der Waals surface area contributed by atoms with Crippen molar-refractivity contribution in [3.63, 3.8) is 0 Å². The maximum Gasteiger partial charge on any atom is 0.254 e. The molecule has 2 unspecified atom stereocenters. The molecule has 4 aromatic rings. The van der Waals surface area contributed by atoms with Gasteiger partial charge in [-0.1, -0.05) is 54.6 Å². The molecular formula is C33H26FN3O3. The molecule has 0 aromatic heterocycles. The van der Waals surface area contributed by atoms with E-state index in [1.54, 1.807) is 5.01 Å². The van der Waals surface area contributed by atoms with Crippen molar-refractivity contribution in [2.75, 3.05) is 6.54 Å². The second-order valence-electron chi connectivity index (χ2n) is 10.3. The largest absolute Gasteiger partial charge is 0.461 e. The van der Waals surface area contributed by atoms with Crippen LogP contribution >= 0.6 is 0 Å². The molecule has 40 heavy (non-hydrogen) atoms. The lowest BCUT2D eigenvalue weighted by atomic mass is 9.95. The zero-order chi connectivity index (χ0) is 27.2. The first kappa shape index (κ1) is 24.3. The van der Waals surface area contributed by atoms with Crippen molar-refractivity contribution in [3.05, 3.63) is 136 Å². The Bertz CT molecular complexity index is 1650. The van der Waals surface area contributed by atoms with Gasteiger partial charge in [-0.25, -0.2) is 9.40 Å². The number of carbonyl (C=O) groups is 2. The van der Waals surface area contributed by atoms with Crippen LogP contribution in [0.15, 0.2) is 102 Å². The Morgan fingerprint density at radius 1 is 0.825 bits per heavy atom. The molecule has 0 bridgehead atoms. The van der Waals surface area contributed by atoms with Gasteiger partial charge in [0.15, 0.2) is 0 Å². The second kappa shape index (κ2) is 9.75. The first-order valence-electron chi connectivity index (χ1n) is 13.4. The molecule has 0 aliphatic carbocycles. The number of para-hydroxylation sites is 1. The zero-order valence-electron chi connectivity index (χ0n) is 21.7. The standard InChI is InChI=1S/C33H26FN3O3/c34-26-15-13-23(14-16-26)31(38)33-37-29(27-7-3-4-8-30(27)40-33)19-28(35-37)22-9-11-24(12-10-22)32(39)36-18-17-21-5-1-2-6-25(21)20-36/h1-16,29,33H,17-20H2. The fourth-order valence-electron chi connectivity index (χ4n) is 5.80. The van der Waals surface area contributed by atoms with Crippen molar-refractivity contribution >= 4 is 17.4 Å². The van der Waals surface area contributed by atoms with Crippen molar-refractivity contribution in [1.29, 1.82) is 0 Å². The van der Waals surface area contributed by atoms with Crippen molar-refractivity contribution in [2.45, 2.75) is 31.7 Å². The Morgan fingerprint density at radius 2 is 1.52 bits per heavy atom. The summed E-state index contributed by atoms with van der Waals surface area (Å²) >= 11 is 0. The van der Waals surface area contributed by atoms with Gasteiger partial charge in [-0.05, 0) is 65.6 Å². The summed E-state index contributed by atoms with van der Waals surface area (Å²) in [7, 11) is 0. The summed E-state index contributed by atoms with van der Waals surface area (Å²) in [5.74, 6) is -0.0322. The van der Waals surface area contributed by atoms with E-state index in [4.69, 9.17) is 9.84 Å². The third-order valence-electron chi connectivity index (χ3n) is 7.94. The minimum atomic E-state index is -0.967. The lowest BCUT2D eigenvalue weighted by Crippen LogP contribution is -2.45. The number of hydrazone groups is 1. The van der Waals surface area contributed by atoms with E-state index in [0.717, 1.165) is 23.3 Å². The first-order chi connectivity index (χ1) is 19.5. The molecule has 4 aromatic carbocycles. The lowest BCUT2D eigenvalue weighted by molar-refractivity contribution is -0.00456. The van der Waals surface area contributed by atoms with E-state index in [9.17, 15) is 14.0 Å². The highest BCUT2D eigenvalue weighted by atomic mass is 19.1. The van der Waals surface area contributed by atoms with Gasteiger partial charge >= 0.3 is 0 Å². The van der Waals surface area contributed by atoms with E-state index in [1.165, 1.54) is 35.4 Å².